The van der Waals surface area contributed by atoms with Crippen molar-refractivity contribution >= 4 is 23.5 Å². The Balaban J connectivity index is 3.78. The molecule has 1 aromatic carbocycles. The van der Waals surface area contributed by atoms with Crippen LogP contribution in [0.15, 0.2) is 9.79 Å². The smallest absolute Gasteiger partial charge is 0.157 e. The number of nitriles is 2. The third-order valence-corrected chi connectivity index (χ3v) is 3.64. The van der Waals surface area contributed by atoms with Crippen LogP contribution in [0.2, 0.25) is 0 Å². The molecule has 2 nitrogen and oxygen atoms in total. The van der Waals surface area contributed by atoms with E-state index in [1.807, 2.05) is 0 Å². The van der Waals surface area contributed by atoms with Crippen molar-refractivity contribution in [2.24, 2.45) is 0 Å². The predicted octanol–water partition coefficient (Wildman–Crippen LogP) is 3.15. The first-order chi connectivity index (χ1) is 7.62. The van der Waals surface area contributed by atoms with Gasteiger partial charge in [0.25, 0.3) is 0 Å². The van der Waals surface area contributed by atoms with Gasteiger partial charge >= 0.3 is 0 Å². The third kappa shape index (κ3) is 1.87. The van der Waals surface area contributed by atoms with Gasteiger partial charge in [0.2, 0.25) is 0 Å². The molecule has 1 rings (SSSR count). The molecule has 0 fully saturated rings. The maximum Gasteiger partial charge on any atom is 0.157 e. The fourth-order valence-corrected chi connectivity index (χ4v) is 2.83. The molecule has 0 bridgehead atoms. The summed E-state index contributed by atoms with van der Waals surface area (Å²) >= 11 is 2.03. The summed E-state index contributed by atoms with van der Waals surface area (Å²) in [5, 5.41) is 17.4. The van der Waals surface area contributed by atoms with Crippen molar-refractivity contribution in [2.75, 3.05) is 12.5 Å². The SMILES string of the molecule is CSc1c(F)c(C#N)c(C#N)c(F)c1SC. The molecular weight excluding hydrogens is 250 g/mol. The molecule has 0 radical (unpaired) electrons. The summed E-state index contributed by atoms with van der Waals surface area (Å²) in [5.74, 6) is -1.64. The molecule has 0 aliphatic carbocycles. The average molecular weight is 256 g/mol. The van der Waals surface area contributed by atoms with E-state index in [-0.39, 0.29) is 9.79 Å². The minimum absolute atomic E-state index is 0.0700. The van der Waals surface area contributed by atoms with Crippen LogP contribution in [0.25, 0.3) is 0 Å². The molecule has 82 valence electrons. The molecule has 0 spiro atoms. The average Bonchev–Trinajstić information content (AvgIpc) is 2.30. The topological polar surface area (TPSA) is 47.6 Å². The maximum absolute atomic E-state index is 13.8. The Hall–Kier alpha value is -1.24. The fraction of sp³-hybridized carbons (Fsp3) is 0.200. The number of thioether (sulfide) groups is 2. The van der Waals surface area contributed by atoms with Crippen molar-refractivity contribution in [3.63, 3.8) is 0 Å². The predicted molar refractivity (Wildman–Crippen MR) is 59.4 cm³/mol. The molecule has 0 amide bonds. The summed E-state index contributed by atoms with van der Waals surface area (Å²) in [6.45, 7) is 0. The normalized spacial score (nSPS) is 9.62. The van der Waals surface area contributed by atoms with Crippen molar-refractivity contribution in [3.8, 4) is 12.1 Å². The van der Waals surface area contributed by atoms with Gasteiger partial charge < -0.3 is 0 Å². The second kappa shape index (κ2) is 5.20. The Bertz CT molecular complexity index is 461. The molecule has 0 heterocycles. The van der Waals surface area contributed by atoms with E-state index in [0.29, 0.717) is 0 Å². The molecule has 1 aromatic rings. The van der Waals surface area contributed by atoms with Crippen LogP contribution in [0.3, 0.4) is 0 Å². The van der Waals surface area contributed by atoms with E-state index in [9.17, 15) is 8.78 Å². The van der Waals surface area contributed by atoms with Crippen LogP contribution in [0.4, 0.5) is 8.78 Å². The summed E-state index contributed by atoms with van der Waals surface area (Å²) < 4.78 is 27.5. The zero-order valence-electron chi connectivity index (χ0n) is 8.47. The summed E-state index contributed by atoms with van der Waals surface area (Å²) in [6.07, 6.45) is 3.18. The van der Waals surface area contributed by atoms with Crippen LogP contribution >= 0.6 is 23.5 Å². The van der Waals surface area contributed by atoms with Crippen LogP contribution in [0.5, 0.6) is 0 Å². The quantitative estimate of drug-likeness (QED) is 0.763. The summed E-state index contributed by atoms with van der Waals surface area (Å²) in [6, 6.07) is 3.04. The van der Waals surface area contributed by atoms with Crippen molar-refractivity contribution in [1.82, 2.24) is 0 Å². The van der Waals surface area contributed by atoms with Crippen molar-refractivity contribution < 1.29 is 8.78 Å². The highest BCUT2D eigenvalue weighted by Gasteiger charge is 2.23. The summed E-state index contributed by atoms with van der Waals surface area (Å²) in [7, 11) is 0. The molecule has 16 heavy (non-hydrogen) atoms. The van der Waals surface area contributed by atoms with Gasteiger partial charge in [-0.25, -0.2) is 8.78 Å². The van der Waals surface area contributed by atoms with E-state index in [2.05, 4.69) is 0 Å². The highest BCUT2D eigenvalue weighted by molar-refractivity contribution is 8.01. The van der Waals surface area contributed by atoms with Gasteiger partial charge in [-0.2, -0.15) is 10.5 Å². The lowest BCUT2D eigenvalue weighted by atomic mass is 10.1. The minimum Gasteiger partial charge on any atom is -0.204 e. The molecule has 0 saturated carbocycles. The Morgan fingerprint density at radius 1 is 0.875 bits per heavy atom. The molecule has 0 unspecified atom stereocenters. The van der Waals surface area contributed by atoms with Crippen molar-refractivity contribution in [1.29, 1.82) is 10.5 Å². The first kappa shape index (κ1) is 12.8. The Labute approximate surface area is 100 Å². The van der Waals surface area contributed by atoms with Crippen molar-refractivity contribution in [2.45, 2.75) is 9.79 Å². The zero-order chi connectivity index (χ0) is 12.3. The highest BCUT2D eigenvalue weighted by Crippen LogP contribution is 2.36. The van der Waals surface area contributed by atoms with Crippen LogP contribution in [0, 0.1) is 34.3 Å². The standard InChI is InChI=1S/C10H6F2N2S2/c1-15-9-7(11)5(3-13)6(4-14)8(12)10(9)16-2/h1-2H3. The molecule has 0 saturated heterocycles. The van der Waals surface area contributed by atoms with Gasteiger partial charge in [-0.1, -0.05) is 0 Å². The molecule has 6 heteroatoms. The fourth-order valence-electron chi connectivity index (χ4n) is 1.22. The zero-order valence-corrected chi connectivity index (χ0v) is 10.1. The van der Waals surface area contributed by atoms with Gasteiger partial charge in [-0.15, -0.1) is 23.5 Å². The molecular formula is C10H6F2N2S2. The lowest BCUT2D eigenvalue weighted by molar-refractivity contribution is 0.544. The van der Waals surface area contributed by atoms with Gasteiger partial charge in [-0.05, 0) is 12.5 Å². The largest absolute Gasteiger partial charge is 0.204 e. The van der Waals surface area contributed by atoms with Crippen LogP contribution in [-0.4, -0.2) is 12.5 Å². The number of nitrogens with zero attached hydrogens (tertiary/aromatic N) is 2. The second-order valence-corrected chi connectivity index (χ2v) is 4.30. The number of halogens is 2. The summed E-state index contributed by atoms with van der Waals surface area (Å²) in [4.78, 5) is 0.140. The van der Waals surface area contributed by atoms with Crippen molar-refractivity contribution in [3.05, 3.63) is 22.8 Å². The Morgan fingerprint density at radius 2 is 1.19 bits per heavy atom. The van der Waals surface area contributed by atoms with E-state index in [1.54, 1.807) is 12.5 Å². The maximum atomic E-state index is 13.8. The lowest BCUT2D eigenvalue weighted by Crippen LogP contribution is -2.00. The number of hydrogen-bond acceptors (Lipinski definition) is 4. The molecule has 0 atom stereocenters. The van der Waals surface area contributed by atoms with Gasteiger partial charge in [-0.3, -0.25) is 0 Å². The first-order valence-electron chi connectivity index (χ1n) is 4.05. The van der Waals surface area contributed by atoms with Gasteiger partial charge in [0, 0.05) is 0 Å². The van der Waals surface area contributed by atoms with E-state index < -0.39 is 22.8 Å². The van der Waals surface area contributed by atoms with Gasteiger partial charge in [0.1, 0.15) is 23.3 Å². The minimum atomic E-state index is -0.822. The Morgan fingerprint density at radius 3 is 1.38 bits per heavy atom. The van der Waals surface area contributed by atoms with E-state index in [1.165, 1.54) is 12.1 Å². The number of hydrogen-bond donors (Lipinski definition) is 0. The molecule has 0 aliphatic rings. The van der Waals surface area contributed by atoms with Gasteiger partial charge in [0.05, 0.1) is 9.79 Å². The molecule has 0 N–H and O–H groups in total. The molecule has 0 aromatic heterocycles. The van der Waals surface area contributed by atoms with Gasteiger partial charge in [0.15, 0.2) is 11.6 Å². The highest BCUT2D eigenvalue weighted by atomic mass is 32.2. The number of benzene rings is 1. The third-order valence-electron chi connectivity index (χ3n) is 1.93. The van der Waals surface area contributed by atoms with Crippen LogP contribution in [0.1, 0.15) is 11.1 Å². The lowest BCUT2D eigenvalue weighted by Gasteiger charge is -2.10. The monoisotopic (exact) mass is 256 g/mol. The number of rotatable bonds is 2. The van der Waals surface area contributed by atoms with E-state index >= 15 is 0 Å². The summed E-state index contributed by atoms with van der Waals surface area (Å²) in [5.41, 5.74) is -1.05. The molecule has 0 aliphatic heterocycles. The van der Waals surface area contributed by atoms with Crippen LogP contribution < -0.4 is 0 Å². The Kier molecular flexibility index (Phi) is 4.17. The van der Waals surface area contributed by atoms with E-state index in [0.717, 1.165) is 23.5 Å². The second-order valence-electron chi connectivity index (χ2n) is 2.67. The first-order valence-corrected chi connectivity index (χ1v) is 6.50. The van der Waals surface area contributed by atoms with E-state index in [4.69, 9.17) is 10.5 Å². The van der Waals surface area contributed by atoms with Crippen LogP contribution in [-0.2, 0) is 0 Å².